The van der Waals surface area contributed by atoms with E-state index in [0.29, 0.717) is 5.92 Å². The number of rotatable bonds is 2. The zero-order valence-electron chi connectivity index (χ0n) is 12.0. The largest absolute Gasteiger partial charge is 0.389 e. The smallest absolute Gasteiger partial charge is 0.0726 e. The molecule has 3 atom stereocenters. The van der Waals surface area contributed by atoms with Crippen LogP contribution in [0.2, 0.25) is 0 Å². The maximum Gasteiger partial charge on any atom is 0.0726 e. The Morgan fingerprint density at radius 1 is 1.06 bits per heavy atom. The first-order chi connectivity index (χ1) is 7.99. The predicted octanol–water partition coefficient (Wildman–Crippen LogP) is 4.53. The fourth-order valence-electron chi connectivity index (χ4n) is 4.37. The zero-order chi connectivity index (χ0) is 12.5. The van der Waals surface area contributed by atoms with Crippen LogP contribution in [0.4, 0.5) is 0 Å². The Hall–Kier alpha value is -0.0400. The standard InChI is InChI=1S/C16H30O/c1-4-13-8-7-9-14(12-13)16(17)11-6-5-10-15(16,2)3/h13-14,17H,4-12H2,1-3H3. The molecule has 0 heterocycles. The predicted molar refractivity (Wildman–Crippen MR) is 72.9 cm³/mol. The molecule has 2 aliphatic rings. The minimum atomic E-state index is -0.376. The van der Waals surface area contributed by atoms with Crippen molar-refractivity contribution in [3.05, 3.63) is 0 Å². The Balaban J connectivity index is 2.12. The van der Waals surface area contributed by atoms with Gasteiger partial charge in [0.05, 0.1) is 5.60 Å². The third-order valence-electron chi connectivity index (χ3n) is 5.82. The van der Waals surface area contributed by atoms with Gasteiger partial charge in [0.2, 0.25) is 0 Å². The van der Waals surface area contributed by atoms with Crippen molar-refractivity contribution in [2.24, 2.45) is 17.3 Å². The Bertz CT molecular complexity index is 258. The molecule has 0 bridgehead atoms. The molecule has 1 heteroatoms. The third kappa shape index (κ3) is 2.41. The van der Waals surface area contributed by atoms with E-state index in [0.717, 1.165) is 12.3 Å². The summed E-state index contributed by atoms with van der Waals surface area (Å²) in [6.45, 7) is 6.90. The Morgan fingerprint density at radius 3 is 2.41 bits per heavy atom. The molecule has 0 aromatic heterocycles. The second-order valence-electron chi connectivity index (χ2n) is 7.15. The minimum absolute atomic E-state index is 0.131. The first-order valence-corrected chi connectivity index (χ1v) is 7.72. The molecule has 2 rings (SSSR count). The molecule has 1 N–H and O–H groups in total. The second-order valence-corrected chi connectivity index (χ2v) is 7.15. The van der Waals surface area contributed by atoms with Crippen LogP contribution in [-0.4, -0.2) is 10.7 Å². The third-order valence-corrected chi connectivity index (χ3v) is 5.82. The summed E-state index contributed by atoms with van der Waals surface area (Å²) in [7, 11) is 0. The number of aliphatic hydroxyl groups is 1. The lowest BCUT2D eigenvalue weighted by molar-refractivity contribution is -0.149. The van der Waals surface area contributed by atoms with Crippen molar-refractivity contribution in [3.8, 4) is 0 Å². The van der Waals surface area contributed by atoms with E-state index in [9.17, 15) is 5.11 Å². The molecule has 3 unspecified atom stereocenters. The van der Waals surface area contributed by atoms with Crippen LogP contribution in [0.5, 0.6) is 0 Å². The van der Waals surface area contributed by atoms with Gasteiger partial charge in [-0.3, -0.25) is 0 Å². The first kappa shape index (κ1) is 13.4. The molecule has 17 heavy (non-hydrogen) atoms. The van der Waals surface area contributed by atoms with Gasteiger partial charge in [-0.1, -0.05) is 52.9 Å². The van der Waals surface area contributed by atoms with E-state index in [2.05, 4.69) is 20.8 Å². The summed E-state index contributed by atoms with van der Waals surface area (Å²) in [5, 5.41) is 11.2. The summed E-state index contributed by atoms with van der Waals surface area (Å²) in [5.41, 5.74) is -0.245. The summed E-state index contributed by atoms with van der Waals surface area (Å²) < 4.78 is 0. The fraction of sp³-hybridized carbons (Fsp3) is 1.00. The average molecular weight is 238 g/mol. The highest BCUT2D eigenvalue weighted by atomic mass is 16.3. The highest BCUT2D eigenvalue weighted by Crippen LogP contribution is 2.52. The lowest BCUT2D eigenvalue weighted by atomic mass is 9.56. The van der Waals surface area contributed by atoms with Gasteiger partial charge >= 0.3 is 0 Å². The SMILES string of the molecule is CCC1CCCC(C2(O)CCCCC2(C)C)C1. The van der Waals surface area contributed by atoms with Gasteiger partial charge in [0.15, 0.2) is 0 Å². The van der Waals surface area contributed by atoms with Gasteiger partial charge in [-0.2, -0.15) is 0 Å². The maximum atomic E-state index is 11.2. The lowest BCUT2D eigenvalue weighted by Crippen LogP contribution is -2.53. The van der Waals surface area contributed by atoms with Crippen molar-refractivity contribution >= 4 is 0 Å². The molecule has 2 saturated carbocycles. The van der Waals surface area contributed by atoms with Gasteiger partial charge in [0, 0.05) is 0 Å². The Morgan fingerprint density at radius 2 is 1.76 bits per heavy atom. The Kier molecular flexibility index (Phi) is 3.87. The summed E-state index contributed by atoms with van der Waals surface area (Å²) in [6.07, 6.45) is 11.3. The van der Waals surface area contributed by atoms with E-state index >= 15 is 0 Å². The average Bonchev–Trinajstić information content (AvgIpc) is 2.33. The van der Waals surface area contributed by atoms with Crippen LogP contribution in [0.25, 0.3) is 0 Å². The van der Waals surface area contributed by atoms with Crippen LogP contribution in [0.3, 0.4) is 0 Å². The molecule has 0 aliphatic heterocycles. The Labute approximate surface area is 107 Å². The second kappa shape index (κ2) is 4.91. The minimum Gasteiger partial charge on any atom is -0.389 e. The number of hydrogen-bond acceptors (Lipinski definition) is 1. The van der Waals surface area contributed by atoms with E-state index < -0.39 is 0 Å². The van der Waals surface area contributed by atoms with Crippen molar-refractivity contribution in [3.63, 3.8) is 0 Å². The van der Waals surface area contributed by atoms with Gasteiger partial charge in [-0.15, -0.1) is 0 Å². The molecule has 0 amide bonds. The van der Waals surface area contributed by atoms with Crippen LogP contribution in [0.15, 0.2) is 0 Å². The van der Waals surface area contributed by atoms with Gasteiger partial charge in [-0.25, -0.2) is 0 Å². The van der Waals surface area contributed by atoms with Gasteiger partial charge in [0.1, 0.15) is 0 Å². The van der Waals surface area contributed by atoms with Crippen LogP contribution in [0, 0.1) is 17.3 Å². The van der Waals surface area contributed by atoms with Crippen molar-refractivity contribution in [2.75, 3.05) is 0 Å². The quantitative estimate of drug-likeness (QED) is 0.749. The van der Waals surface area contributed by atoms with Crippen molar-refractivity contribution < 1.29 is 5.11 Å². The molecule has 2 aliphatic carbocycles. The molecule has 100 valence electrons. The highest BCUT2D eigenvalue weighted by molar-refractivity contribution is 5.01. The summed E-state index contributed by atoms with van der Waals surface area (Å²) in [6, 6.07) is 0. The van der Waals surface area contributed by atoms with Crippen LogP contribution in [-0.2, 0) is 0 Å². The molecule has 0 spiro atoms. The van der Waals surface area contributed by atoms with Crippen LogP contribution in [0.1, 0.15) is 78.6 Å². The molecule has 0 radical (unpaired) electrons. The number of hydrogen-bond donors (Lipinski definition) is 1. The molecule has 0 aromatic rings. The monoisotopic (exact) mass is 238 g/mol. The van der Waals surface area contributed by atoms with E-state index in [1.54, 1.807) is 0 Å². The van der Waals surface area contributed by atoms with Crippen LogP contribution < -0.4 is 0 Å². The normalized spacial score (nSPS) is 42.4. The van der Waals surface area contributed by atoms with Gasteiger partial charge < -0.3 is 5.11 Å². The van der Waals surface area contributed by atoms with E-state index in [1.165, 1.54) is 51.4 Å². The van der Waals surface area contributed by atoms with Gasteiger partial charge in [0.25, 0.3) is 0 Å². The summed E-state index contributed by atoms with van der Waals surface area (Å²) >= 11 is 0. The lowest BCUT2D eigenvalue weighted by Gasteiger charge is -2.53. The van der Waals surface area contributed by atoms with E-state index in [-0.39, 0.29) is 11.0 Å². The van der Waals surface area contributed by atoms with E-state index in [1.807, 2.05) is 0 Å². The summed E-state index contributed by atoms with van der Waals surface area (Å²) in [4.78, 5) is 0. The zero-order valence-corrected chi connectivity index (χ0v) is 12.0. The summed E-state index contributed by atoms with van der Waals surface area (Å²) in [5.74, 6) is 1.44. The molecule has 0 saturated heterocycles. The van der Waals surface area contributed by atoms with E-state index in [4.69, 9.17) is 0 Å². The molecular formula is C16H30O. The molecule has 2 fully saturated rings. The maximum absolute atomic E-state index is 11.2. The van der Waals surface area contributed by atoms with Crippen molar-refractivity contribution in [1.82, 2.24) is 0 Å². The topological polar surface area (TPSA) is 20.2 Å². The fourth-order valence-corrected chi connectivity index (χ4v) is 4.37. The van der Waals surface area contributed by atoms with Crippen LogP contribution >= 0.6 is 0 Å². The van der Waals surface area contributed by atoms with Crippen molar-refractivity contribution in [1.29, 1.82) is 0 Å². The first-order valence-electron chi connectivity index (χ1n) is 7.72. The molecular weight excluding hydrogens is 208 g/mol. The highest BCUT2D eigenvalue weighted by Gasteiger charge is 2.50. The van der Waals surface area contributed by atoms with Gasteiger partial charge in [-0.05, 0) is 42.9 Å². The van der Waals surface area contributed by atoms with Crippen molar-refractivity contribution in [2.45, 2.75) is 84.2 Å². The molecule has 0 aromatic carbocycles. The molecule has 1 nitrogen and oxygen atoms in total.